The smallest absolute Gasteiger partial charge is 0.188 e. The zero-order chi connectivity index (χ0) is 30.9. The molecule has 2 aliphatic rings. The van der Waals surface area contributed by atoms with Crippen LogP contribution in [0.3, 0.4) is 0 Å². The van der Waals surface area contributed by atoms with Crippen molar-refractivity contribution in [3.8, 4) is 11.1 Å². The molecule has 45 heavy (non-hydrogen) atoms. The Bertz CT molecular complexity index is 1840. The molecule has 3 aromatic carbocycles. The van der Waals surface area contributed by atoms with E-state index in [9.17, 15) is 0 Å². The van der Waals surface area contributed by atoms with Crippen LogP contribution in [-0.2, 0) is 19.4 Å². The summed E-state index contributed by atoms with van der Waals surface area (Å²) in [6, 6.07) is 26.0. The van der Waals surface area contributed by atoms with E-state index in [0.29, 0.717) is 0 Å². The van der Waals surface area contributed by atoms with Crippen LogP contribution in [0.1, 0.15) is 66.1 Å². The van der Waals surface area contributed by atoms with E-state index in [1.165, 1.54) is 64.6 Å². The fourth-order valence-electron chi connectivity index (χ4n) is 7.25. The van der Waals surface area contributed by atoms with Crippen LogP contribution < -0.4 is 10.2 Å². The highest BCUT2D eigenvalue weighted by atomic mass is 32.1. The van der Waals surface area contributed by atoms with Gasteiger partial charge in [0.15, 0.2) is 5.13 Å². The van der Waals surface area contributed by atoms with Gasteiger partial charge in [-0.25, -0.2) is 9.97 Å². The number of anilines is 2. The number of para-hydroxylation sites is 1. The molecule has 0 unspecified atom stereocenters. The number of hydrogen-bond donors (Lipinski definition) is 1. The number of rotatable bonds is 8. The minimum atomic E-state index is 0.781. The van der Waals surface area contributed by atoms with Gasteiger partial charge >= 0.3 is 0 Å². The summed E-state index contributed by atoms with van der Waals surface area (Å²) in [5.41, 5.74) is 11.9. The number of fused-ring (bicyclic) bond motifs is 2. The Morgan fingerprint density at radius 3 is 2.60 bits per heavy atom. The number of hydrogen-bond acceptors (Lipinski definition) is 5. The normalized spacial score (nSPS) is 18.0. The molecule has 0 spiro atoms. The molecule has 1 aliphatic heterocycles. The van der Waals surface area contributed by atoms with E-state index >= 15 is 0 Å². The number of nitrogens with zero attached hydrogens (tertiary/aromatic N) is 3. The lowest BCUT2D eigenvalue weighted by Crippen LogP contribution is -2.32. The average Bonchev–Trinajstić information content (AvgIpc) is 3.48. The molecule has 2 aromatic heterocycles. The molecule has 5 aromatic rings. The van der Waals surface area contributed by atoms with E-state index in [1.807, 2.05) is 18.2 Å². The molecular formula is C40H42N4S. The first-order chi connectivity index (χ1) is 22.0. The van der Waals surface area contributed by atoms with Gasteiger partial charge in [-0.1, -0.05) is 92.8 Å². The van der Waals surface area contributed by atoms with E-state index in [1.54, 1.807) is 11.3 Å². The molecular weight excluding hydrogens is 569 g/mol. The van der Waals surface area contributed by atoms with Gasteiger partial charge in [-0.3, -0.25) is 0 Å². The summed E-state index contributed by atoms with van der Waals surface area (Å²) in [7, 11) is 0. The first-order valence-corrected chi connectivity index (χ1v) is 17.2. The van der Waals surface area contributed by atoms with E-state index in [-0.39, 0.29) is 0 Å². The molecule has 1 fully saturated rings. The zero-order valence-corrected chi connectivity index (χ0v) is 27.3. The molecule has 0 saturated heterocycles. The molecule has 1 N–H and O–H groups in total. The Labute approximate surface area is 271 Å². The van der Waals surface area contributed by atoms with Crippen molar-refractivity contribution in [3.63, 3.8) is 0 Å². The van der Waals surface area contributed by atoms with Gasteiger partial charge in [-0.15, -0.1) is 0 Å². The lowest BCUT2D eigenvalue weighted by atomic mass is 9.79. The van der Waals surface area contributed by atoms with E-state index in [0.717, 1.165) is 70.3 Å². The Morgan fingerprint density at radius 1 is 0.956 bits per heavy atom. The number of aromatic nitrogens is 2. The predicted octanol–water partition coefficient (Wildman–Crippen LogP) is 10.3. The Hall–Kier alpha value is -4.22. The summed E-state index contributed by atoms with van der Waals surface area (Å²) in [5, 5.41) is 4.37. The molecule has 0 atom stereocenters. The lowest BCUT2D eigenvalue weighted by molar-refractivity contribution is 0.288. The highest BCUT2D eigenvalue weighted by Crippen LogP contribution is 2.36. The Morgan fingerprint density at radius 2 is 1.78 bits per heavy atom. The molecule has 0 bridgehead atoms. The monoisotopic (exact) mass is 610 g/mol. The molecule has 7 rings (SSSR count). The van der Waals surface area contributed by atoms with Crippen LogP contribution in [0, 0.1) is 18.8 Å². The Balaban J connectivity index is 1.12. The van der Waals surface area contributed by atoms with Gasteiger partial charge in [0.25, 0.3) is 0 Å². The van der Waals surface area contributed by atoms with Crippen molar-refractivity contribution in [2.45, 2.75) is 58.9 Å². The van der Waals surface area contributed by atoms with Gasteiger partial charge in [0.05, 0.1) is 15.9 Å². The highest BCUT2D eigenvalue weighted by Gasteiger charge is 2.23. The standard InChI is InChI=1S/C40H42N4S/c1-5-36-34(32-12-9-11-31(27(32)3)24-29-18-16-26(2)17-19-29)20-21-39(42-36)44-23-22-30-10-8-13-33(35(30)25-44)28(4)41-40-43-37-14-6-7-15-38(37)45-40/h5-15,20-21,26,29H,1,4,16-19,22-25H2,2-3H3,(H,41,43). The van der Waals surface area contributed by atoms with Crippen LogP contribution in [0.25, 0.3) is 33.1 Å². The predicted molar refractivity (Wildman–Crippen MR) is 193 cm³/mol. The maximum atomic E-state index is 5.19. The van der Waals surface area contributed by atoms with E-state index in [2.05, 4.69) is 97.9 Å². The van der Waals surface area contributed by atoms with E-state index < -0.39 is 0 Å². The van der Waals surface area contributed by atoms with Gasteiger partial charge in [0.2, 0.25) is 0 Å². The van der Waals surface area contributed by atoms with Crippen LogP contribution in [0.4, 0.5) is 10.9 Å². The summed E-state index contributed by atoms with van der Waals surface area (Å²) in [5.74, 6) is 2.67. The lowest BCUT2D eigenvalue weighted by Gasteiger charge is -2.32. The number of nitrogens with one attached hydrogen (secondary N) is 1. The molecule has 5 heteroatoms. The third-order valence-corrected chi connectivity index (χ3v) is 10.9. The van der Waals surface area contributed by atoms with Crippen LogP contribution in [-0.4, -0.2) is 16.5 Å². The fraction of sp³-hybridized carbons (Fsp3) is 0.300. The molecule has 4 nitrogen and oxygen atoms in total. The summed E-state index contributed by atoms with van der Waals surface area (Å²) < 4.78 is 1.17. The van der Waals surface area contributed by atoms with Crippen molar-refractivity contribution >= 4 is 44.3 Å². The van der Waals surface area contributed by atoms with Crippen molar-refractivity contribution in [1.29, 1.82) is 0 Å². The minimum absolute atomic E-state index is 0.781. The maximum absolute atomic E-state index is 5.19. The SMILES string of the molecule is C=Cc1nc(N2CCc3cccc(C(=C)Nc4nc5ccccc5s4)c3C2)ccc1-c1cccc(CC2CCC(C)CC2)c1C. The topological polar surface area (TPSA) is 41.1 Å². The van der Waals surface area contributed by atoms with Crippen molar-refractivity contribution in [2.24, 2.45) is 11.8 Å². The molecule has 0 radical (unpaired) electrons. The van der Waals surface area contributed by atoms with Crippen LogP contribution >= 0.6 is 11.3 Å². The second-order valence-corrected chi connectivity index (χ2v) is 14.0. The Kier molecular flexibility index (Phi) is 8.29. The van der Waals surface area contributed by atoms with Crippen molar-refractivity contribution in [3.05, 3.63) is 119 Å². The minimum Gasteiger partial charge on any atom is -0.352 e. The average molecular weight is 611 g/mol. The fourth-order valence-corrected chi connectivity index (χ4v) is 8.14. The van der Waals surface area contributed by atoms with Crippen molar-refractivity contribution < 1.29 is 0 Å². The van der Waals surface area contributed by atoms with Crippen molar-refractivity contribution in [2.75, 3.05) is 16.8 Å². The summed E-state index contributed by atoms with van der Waals surface area (Å²) in [6.07, 6.45) is 9.50. The first-order valence-electron chi connectivity index (χ1n) is 16.4. The van der Waals surface area contributed by atoms with Crippen molar-refractivity contribution in [1.82, 2.24) is 9.97 Å². The van der Waals surface area contributed by atoms with E-state index in [4.69, 9.17) is 9.97 Å². The molecule has 228 valence electrons. The van der Waals surface area contributed by atoms with Gasteiger partial charge < -0.3 is 10.2 Å². The van der Waals surface area contributed by atoms with Crippen LogP contribution in [0.2, 0.25) is 0 Å². The molecule has 0 amide bonds. The number of benzene rings is 3. The first kappa shape index (κ1) is 29.5. The molecule has 1 aliphatic carbocycles. The molecule has 3 heterocycles. The van der Waals surface area contributed by atoms with Gasteiger partial charge in [-0.05, 0) is 103 Å². The van der Waals surface area contributed by atoms with Gasteiger partial charge in [0.1, 0.15) is 5.82 Å². The van der Waals surface area contributed by atoms with Gasteiger partial charge in [-0.2, -0.15) is 0 Å². The highest BCUT2D eigenvalue weighted by molar-refractivity contribution is 7.22. The second-order valence-electron chi connectivity index (χ2n) is 12.9. The number of pyridine rings is 1. The summed E-state index contributed by atoms with van der Waals surface area (Å²) >= 11 is 1.66. The number of thiazole rings is 1. The second kappa shape index (κ2) is 12.6. The van der Waals surface area contributed by atoms with Crippen LogP contribution in [0.15, 0.2) is 86.0 Å². The quantitative estimate of drug-likeness (QED) is 0.190. The largest absolute Gasteiger partial charge is 0.352 e. The third kappa shape index (κ3) is 6.06. The molecule has 1 saturated carbocycles. The van der Waals surface area contributed by atoms with Gasteiger partial charge in [0, 0.05) is 29.9 Å². The summed E-state index contributed by atoms with van der Waals surface area (Å²) in [4.78, 5) is 12.3. The zero-order valence-electron chi connectivity index (χ0n) is 26.5. The third-order valence-electron chi connectivity index (χ3n) is 9.96. The van der Waals surface area contributed by atoms with Crippen LogP contribution in [0.5, 0.6) is 0 Å². The maximum Gasteiger partial charge on any atom is 0.188 e. The summed E-state index contributed by atoms with van der Waals surface area (Å²) in [6.45, 7) is 15.0.